The van der Waals surface area contributed by atoms with Gasteiger partial charge in [0.05, 0.1) is 0 Å². The molecule has 17 heavy (non-hydrogen) atoms. The van der Waals surface area contributed by atoms with Crippen molar-refractivity contribution in [1.82, 2.24) is 10.3 Å². The molecule has 4 nitrogen and oxygen atoms in total. The largest absolute Gasteiger partial charge is 0.396 e. The molecule has 0 aliphatic heterocycles. The SMILES string of the molecule is CCC(C)(CCO)NC(=O)c1ccnc(Br)c1. The highest BCUT2D eigenvalue weighted by Crippen LogP contribution is 2.15. The van der Waals surface area contributed by atoms with E-state index in [2.05, 4.69) is 26.2 Å². The first-order valence-electron chi connectivity index (χ1n) is 5.55. The lowest BCUT2D eigenvalue weighted by Gasteiger charge is -2.29. The number of aliphatic hydroxyl groups is 1. The Morgan fingerprint density at radius 1 is 1.65 bits per heavy atom. The molecule has 0 aromatic carbocycles. The third kappa shape index (κ3) is 4.09. The second kappa shape index (κ2) is 6.12. The highest BCUT2D eigenvalue weighted by atomic mass is 79.9. The number of carbonyl (C=O) groups is 1. The lowest BCUT2D eigenvalue weighted by Crippen LogP contribution is -2.46. The zero-order chi connectivity index (χ0) is 12.9. The molecular formula is C12H17BrN2O2. The van der Waals surface area contributed by atoms with Gasteiger partial charge in [0.25, 0.3) is 5.91 Å². The number of hydrogen-bond donors (Lipinski definition) is 2. The van der Waals surface area contributed by atoms with Crippen LogP contribution in [0.15, 0.2) is 22.9 Å². The monoisotopic (exact) mass is 300 g/mol. The average Bonchev–Trinajstić information content (AvgIpc) is 2.29. The molecule has 1 unspecified atom stereocenters. The van der Waals surface area contributed by atoms with Crippen LogP contribution >= 0.6 is 15.9 Å². The quantitative estimate of drug-likeness (QED) is 0.819. The first kappa shape index (κ1) is 14.1. The van der Waals surface area contributed by atoms with Crippen molar-refractivity contribution in [2.24, 2.45) is 0 Å². The number of aliphatic hydroxyl groups excluding tert-OH is 1. The number of pyridine rings is 1. The fourth-order valence-corrected chi connectivity index (χ4v) is 1.83. The molecule has 0 radical (unpaired) electrons. The van der Waals surface area contributed by atoms with E-state index in [0.717, 1.165) is 6.42 Å². The predicted octanol–water partition coefficient (Wildman–Crippen LogP) is 2.12. The van der Waals surface area contributed by atoms with Crippen LogP contribution in [0.25, 0.3) is 0 Å². The Morgan fingerprint density at radius 3 is 2.88 bits per heavy atom. The molecule has 0 aliphatic carbocycles. The molecule has 1 rings (SSSR count). The first-order valence-corrected chi connectivity index (χ1v) is 6.35. The third-order valence-electron chi connectivity index (χ3n) is 2.85. The van der Waals surface area contributed by atoms with Gasteiger partial charge in [-0.1, -0.05) is 6.92 Å². The van der Waals surface area contributed by atoms with Gasteiger partial charge in [0, 0.05) is 23.9 Å². The van der Waals surface area contributed by atoms with Gasteiger partial charge >= 0.3 is 0 Å². The predicted molar refractivity (Wildman–Crippen MR) is 69.8 cm³/mol. The van der Waals surface area contributed by atoms with E-state index in [4.69, 9.17) is 5.11 Å². The lowest BCUT2D eigenvalue weighted by molar-refractivity contribution is 0.0886. The second-order valence-electron chi connectivity index (χ2n) is 4.21. The Hall–Kier alpha value is -0.940. The molecule has 1 amide bonds. The van der Waals surface area contributed by atoms with Crippen LogP contribution < -0.4 is 5.32 Å². The van der Waals surface area contributed by atoms with Gasteiger partial charge in [0.1, 0.15) is 4.60 Å². The van der Waals surface area contributed by atoms with Crippen LogP contribution in [-0.4, -0.2) is 28.1 Å². The Bertz CT molecular complexity index is 398. The molecule has 0 bridgehead atoms. The van der Waals surface area contributed by atoms with Crippen molar-refractivity contribution in [2.45, 2.75) is 32.2 Å². The summed E-state index contributed by atoms with van der Waals surface area (Å²) in [6, 6.07) is 3.33. The van der Waals surface area contributed by atoms with Crippen molar-refractivity contribution < 1.29 is 9.90 Å². The molecule has 0 saturated carbocycles. The van der Waals surface area contributed by atoms with Crippen molar-refractivity contribution >= 4 is 21.8 Å². The standard InChI is InChI=1S/C12H17BrN2O2/c1-3-12(2,5-7-16)15-11(17)9-4-6-14-10(13)8-9/h4,6,8,16H,3,5,7H2,1-2H3,(H,15,17). The molecule has 1 heterocycles. The van der Waals surface area contributed by atoms with Crippen molar-refractivity contribution in [3.63, 3.8) is 0 Å². The Balaban J connectivity index is 2.77. The van der Waals surface area contributed by atoms with Crippen LogP contribution in [0.1, 0.15) is 37.0 Å². The average molecular weight is 301 g/mol. The fourth-order valence-electron chi connectivity index (χ4n) is 1.46. The molecule has 1 atom stereocenters. The van der Waals surface area contributed by atoms with Gasteiger partial charge < -0.3 is 10.4 Å². The number of rotatable bonds is 5. The summed E-state index contributed by atoms with van der Waals surface area (Å²) in [5, 5.41) is 11.9. The smallest absolute Gasteiger partial charge is 0.251 e. The summed E-state index contributed by atoms with van der Waals surface area (Å²) in [7, 11) is 0. The summed E-state index contributed by atoms with van der Waals surface area (Å²) in [6.07, 6.45) is 2.89. The molecule has 5 heteroatoms. The van der Waals surface area contributed by atoms with E-state index in [-0.39, 0.29) is 18.1 Å². The summed E-state index contributed by atoms with van der Waals surface area (Å²) in [4.78, 5) is 16.0. The number of hydrogen-bond acceptors (Lipinski definition) is 3. The van der Waals surface area contributed by atoms with E-state index in [1.54, 1.807) is 18.3 Å². The molecule has 0 spiro atoms. The Kier molecular flexibility index (Phi) is 5.08. The van der Waals surface area contributed by atoms with E-state index in [1.807, 2.05) is 13.8 Å². The molecule has 0 saturated heterocycles. The van der Waals surface area contributed by atoms with Gasteiger partial charge in [-0.25, -0.2) is 4.98 Å². The van der Waals surface area contributed by atoms with Crippen molar-refractivity contribution in [3.8, 4) is 0 Å². The topological polar surface area (TPSA) is 62.2 Å². The van der Waals surface area contributed by atoms with Crippen LogP contribution in [0.2, 0.25) is 0 Å². The summed E-state index contributed by atoms with van der Waals surface area (Å²) in [6.45, 7) is 3.97. The minimum Gasteiger partial charge on any atom is -0.396 e. The summed E-state index contributed by atoms with van der Waals surface area (Å²) < 4.78 is 0.630. The van der Waals surface area contributed by atoms with E-state index in [9.17, 15) is 4.79 Å². The molecular weight excluding hydrogens is 284 g/mol. The van der Waals surface area contributed by atoms with Crippen LogP contribution in [0.5, 0.6) is 0 Å². The summed E-state index contributed by atoms with van der Waals surface area (Å²) >= 11 is 3.23. The van der Waals surface area contributed by atoms with E-state index in [1.165, 1.54) is 0 Å². The highest BCUT2D eigenvalue weighted by Gasteiger charge is 2.24. The minimum absolute atomic E-state index is 0.0602. The molecule has 1 aromatic rings. The van der Waals surface area contributed by atoms with E-state index >= 15 is 0 Å². The number of halogens is 1. The highest BCUT2D eigenvalue weighted by molar-refractivity contribution is 9.10. The third-order valence-corrected chi connectivity index (χ3v) is 3.28. The summed E-state index contributed by atoms with van der Waals surface area (Å²) in [5.41, 5.74) is 0.186. The van der Waals surface area contributed by atoms with Crippen LogP contribution in [-0.2, 0) is 0 Å². The van der Waals surface area contributed by atoms with Crippen molar-refractivity contribution in [3.05, 3.63) is 28.5 Å². The van der Waals surface area contributed by atoms with Crippen molar-refractivity contribution in [2.75, 3.05) is 6.61 Å². The Morgan fingerprint density at radius 2 is 2.35 bits per heavy atom. The zero-order valence-electron chi connectivity index (χ0n) is 10.0. The van der Waals surface area contributed by atoms with Crippen LogP contribution in [0.3, 0.4) is 0 Å². The van der Waals surface area contributed by atoms with Crippen LogP contribution in [0, 0.1) is 0 Å². The number of nitrogens with zero attached hydrogens (tertiary/aromatic N) is 1. The number of amides is 1. The fraction of sp³-hybridized carbons (Fsp3) is 0.500. The van der Waals surface area contributed by atoms with E-state index in [0.29, 0.717) is 16.6 Å². The molecule has 0 fully saturated rings. The maximum Gasteiger partial charge on any atom is 0.251 e. The van der Waals surface area contributed by atoms with Gasteiger partial charge in [0.15, 0.2) is 0 Å². The summed E-state index contributed by atoms with van der Waals surface area (Å²) in [5.74, 6) is -0.147. The molecule has 2 N–H and O–H groups in total. The van der Waals surface area contributed by atoms with E-state index < -0.39 is 0 Å². The lowest BCUT2D eigenvalue weighted by atomic mass is 9.94. The number of nitrogens with one attached hydrogen (secondary N) is 1. The molecule has 1 aromatic heterocycles. The number of carbonyl (C=O) groups excluding carboxylic acids is 1. The Labute approximate surface area is 110 Å². The van der Waals surface area contributed by atoms with Gasteiger partial charge in [-0.2, -0.15) is 0 Å². The maximum atomic E-state index is 12.0. The van der Waals surface area contributed by atoms with Gasteiger partial charge in [0.2, 0.25) is 0 Å². The second-order valence-corrected chi connectivity index (χ2v) is 5.02. The normalized spacial score (nSPS) is 14.1. The minimum atomic E-state index is -0.373. The van der Waals surface area contributed by atoms with Gasteiger partial charge in [-0.3, -0.25) is 4.79 Å². The van der Waals surface area contributed by atoms with Gasteiger partial charge in [-0.05, 0) is 47.8 Å². The zero-order valence-corrected chi connectivity index (χ0v) is 11.6. The molecule has 94 valence electrons. The molecule has 0 aliphatic rings. The van der Waals surface area contributed by atoms with Crippen molar-refractivity contribution in [1.29, 1.82) is 0 Å². The van der Waals surface area contributed by atoms with Crippen LogP contribution in [0.4, 0.5) is 0 Å². The maximum absolute atomic E-state index is 12.0. The first-order chi connectivity index (χ1) is 8.00. The number of aromatic nitrogens is 1. The van der Waals surface area contributed by atoms with Gasteiger partial charge in [-0.15, -0.1) is 0 Å².